The van der Waals surface area contributed by atoms with Gasteiger partial charge in [0.05, 0.1) is 12.9 Å². The first-order chi connectivity index (χ1) is 19.8. The molecular weight excluding hydrogens is 555 g/mol. The fourth-order valence-corrected chi connectivity index (χ4v) is 5.11. The summed E-state index contributed by atoms with van der Waals surface area (Å²) in [5, 5.41) is 5.54. The second-order valence-electron chi connectivity index (χ2n) is 9.68. The number of fused-ring (bicyclic) bond motifs is 2. The Kier molecular flexibility index (Phi) is 9.40. The SMILES string of the molecule is CCCCCCNC(=O)Nc1ncnc2c1ncn2[C@@H]1O[C@H](COP(=O)(O)O)[C@@H]2OC(C=Cc3ccccc3)OC21. The van der Waals surface area contributed by atoms with Crippen LogP contribution in [0.2, 0.25) is 0 Å². The number of phosphoric ester groups is 1. The van der Waals surface area contributed by atoms with Gasteiger partial charge in [-0.2, -0.15) is 0 Å². The molecule has 2 aliphatic heterocycles. The van der Waals surface area contributed by atoms with E-state index in [0.717, 1.165) is 31.2 Å². The molecule has 0 saturated carbocycles. The Morgan fingerprint density at radius 3 is 2.68 bits per heavy atom. The van der Waals surface area contributed by atoms with E-state index in [-0.39, 0.29) is 5.82 Å². The summed E-state index contributed by atoms with van der Waals surface area (Å²) in [6.07, 6.45) is 6.74. The quantitative estimate of drug-likeness (QED) is 0.180. The number of ether oxygens (including phenoxy) is 3. The average molecular weight is 589 g/mol. The molecule has 15 heteroatoms. The molecule has 4 heterocycles. The number of unbranched alkanes of at least 4 members (excludes halogenated alkanes) is 3. The first-order valence-electron chi connectivity index (χ1n) is 13.4. The lowest BCUT2D eigenvalue weighted by Crippen LogP contribution is -2.31. The summed E-state index contributed by atoms with van der Waals surface area (Å²) in [6, 6.07) is 9.21. The lowest BCUT2D eigenvalue weighted by molar-refractivity contribution is -0.132. The fraction of sp³-hybridized carbons (Fsp3) is 0.462. The Labute approximate surface area is 236 Å². The molecule has 0 spiro atoms. The number of hydrogen-bond acceptors (Lipinski definition) is 9. The summed E-state index contributed by atoms with van der Waals surface area (Å²) < 4.78 is 36.1. The molecule has 4 N–H and O–H groups in total. The van der Waals surface area contributed by atoms with Crippen LogP contribution in [-0.2, 0) is 23.3 Å². The van der Waals surface area contributed by atoms with E-state index in [1.165, 1.54) is 12.7 Å². The second kappa shape index (κ2) is 13.2. The Hall–Kier alpha value is -3.23. The molecule has 0 bridgehead atoms. The van der Waals surface area contributed by atoms with Gasteiger partial charge in [0.2, 0.25) is 0 Å². The first kappa shape index (κ1) is 29.3. The number of anilines is 1. The number of hydrogen-bond donors (Lipinski definition) is 4. The van der Waals surface area contributed by atoms with Crippen LogP contribution in [0.3, 0.4) is 0 Å². The van der Waals surface area contributed by atoms with E-state index in [1.807, 2.05) is 36.4 Å². The highest BCUT2D eigenvalue weighted by molar-refractivity contribution is 7.46. The lowest BCUT2D eigenvalue weighted by Gasteiger charge is -2.20. The third kappa shape index (κ3) is 7.35. The maximum atomic E-state index is 12.4. The van der Waals surface area contributed by atoms with Gasteiger partial charge < -0.3 is 29.3 Å². The van der Waals surface area contributed by atoms with Gasteiger partial charge in [0, 0.05) is 6.54 Å². The molecule has 1 aromatic carbocycles. The van der Waals surface area contributed by atoms with Crippen molar-refractivity contribution in [3.63, 3.8) is 0 Å². The third-order valence-electron chi connectivity index (χ3n) is 6.70. The number of imidazole rings is 1. The minimum absolute atomic E-state index is 0.225. The summed E-state index contributed by atoms with van der Waals surface area (Å²) in [7, 11) is -4.75. The van der Waals surface area contributed by atoms with E-state index >= 15 is 0 Å². The number of benzene rings is 1. The molecule has 5 atom stereocenters. The van der Waals surface area contributed by atoms with E-state index in [2.05, 4.69) is 32.5 Å². The highest BCUT2D eigenvalue weighted by atomic mass is 31.2. The number of urea groups is 1. The molecule has 220 valence electrons. The predicted molar refractivity (Wildman–Crippen MR) is 147 cm³/mol. The predicted octanol–water partition coefficient (Wildman–Crippen LogP) is 3.36. The van der Waals surface area contributed by atoms with Crippen LogP contribution in [0.4, 0.5) is 10.6 Å². The van der Waals surface area contributed by atoms with Gasteiger partial charge in [0.15, 0.2) is 29.5 Å². The Balaban J connectivity index is 1.33. The van der Waals surface area contributed by atoms with E-state index in [9.17, 15) is 19.1 Å². The maximum Gasteiger partial charge on any atom is 0.469 e. The van der Waals surface area contributed by atoms with Gasteiger partial charge in [-0.15, -0.1) is 0 Å². The number of nitrogens with one attached hydrogen (secondary N) is 2. The van der Waals surface area contributed by atoms with Gasteiger partial charge in [0.25, 0.3) is 0 Å². The van der Waals surface area contributed by atoms with Gasteiger partial charge in [-0.1, -0.05) is 62.6 Å². The van der Waals surface area contributed by atoms with Crippen LogP contribution in [0.25, 0.3) is 17.2 Å². The molecule has 14 nitrogen and oxygen atoms in total. The van der Waals surface area contributed by atoms with Crippen molar-refractivity contribution in [1.82, 2.24) is 24.8 Å². The second-order valence-corrected chi connectivity index (χ2v) is 10.9. The Morgan fingerprint density at radius 1 is 1.10 bits per heavy atom. The molecule has 2 unspecified atom stereocenters. The Bertz CT molecular complexity index is 1400. The van der Waals surface area contributed by atoms with Gasteiger partial charge in [0.1, 0.15) is 24.6 Å². The number of nitrogens with zero attached hydrogens (tertiary/aromatic N) is 4. The van der Waals surface area contributed by atoms with Crippen LogP contribution in [0.5, 0.6) is 0 Å². The van der Waals surface area contributed by atoms with Crippen molar-refractivity contribution in [2.45, 2.75) is 63.4 Å². The number of carbonyl (C=O) groups excluding carboxylic acids is 1. The summed E-state index contributed by atoms with van der Waals surface area (Å²) in [6.45, 7) is 2.25. The van der Waals surface area contributed by atoms with Crippen LogP contribution in [-0.4, -0.2) is 73.1 Å². The number of carbonyl (C=O) groups is 1. The van der Waals surface area contributed by atoms with Crippen molar-refractivity contribution in [3.05, 3.63) is 54.6 Å². The lowest BCUT2D eigenvalue weighted by atomic mass is 10.1. The van der Waals surface area contributed by atoms with Crippen LogP contribution >= 0.6 is 7.82 Å². The molecule has 2 saturated heterocycles. The van der Waals surface area contributed by atoms with Crippen molar-refractivity contribution < 1.29 is 37.9 Å². The highest BCUT2D eigenvalue weighted by Crippen LogP contribution is 2.43. The van der Waals surface area contributed by atoms with E-state index in [0.29, 0.717) is 17.7 Å². The minimum Gasteiger partial charge on any atom is -0.347 e. The van der Waals surface area contributed by atoms with Crippen molar-refractivity contribution in [2.75, 3.05) is 18.5 Å². The van der Waals surface area contributed by atoms with Crippen molar-refractivity contribution in [3.8, 4) is 0 Å². The standard InChI is InChI=1S/C26H33N6O8P/c1-2-3-4-8-13-27-26(33)31-23-20-24(29-15-28-23)32(16-30-20)25-22-21(18(38-25)14-37-41(34,35)36)39-19(40-22)12-11-17-9-6-5-7-10-17/h5-7,9-12,15-16,18-19,21-22,25H,2-4,8,13-14H2,1H3,(H2,34,35,36)(H2,27,28,29,31,33)/t18-,19?,21+,22?,25-/m1/s1. The van der Waals surface area contributed by atoms with Crippen LogP contribution in [0.15, 0.2) is 49.1 Å². The van der Waals surface area contributed by atoms with Crippen LogP contribution in [0.1, 0.15) is 44.4 Å². The van der Waals surface area contributed by atoms with Crippen molar-refractivity contribution >= 4 is 36.9 Å². The van der Waals surface area contributed by atoms with Gasteiger partial charge in [-0.25, -0.2) is 24.3 Å². The maximum absolute atomic E-state index is 12.4. The van der Waals surface area contributed by atoms with E-state index < -0.39 is 51.3 Å². The number of aromatic nitrogens is 4. The number of rotatable bonds is 12. The summed E-state index contributed by atoms with van der Waals surface area (Å²) >= 11 is 0. The largest absolute Gasteiger partial charge is 0.469 e. The monoisotopic (exact) mass is 588 g/mol. The molecule has 2 amide bonds. The topological polar surface area (TPSA) is 179 Å². The number of amides is 2. The molecule has 2 aromatic heterocycles. The summed E-state index contributed by atoms with van der Waals surface area (Å²) in [5.74, 6) is 0.225. The normalized spacial score (nSPS) is 24.2. The van der Waals surface area contributed by atoms with Gasteiger partial charge >= 0.3 is 13.9 Å². The molecule has 0 radical (unpaired) electrons. The molecule has 3 aromatic rings. The van der Waals surface area contributed by atoms with Crippen molar-refractivity contribution in [2.24, 2.45) is 0 Å². The van der Waals surface area contributed by atoms with Gasteiger partial charge in [-0.05, 0) is 18.1 Å². The smallest absolute Gasteiger partial charge is 0.347 e. The van der Waals surface area contributed by atoms with Crippen LogP contribution in [0, 0.1) is 0 Å². The Morgan fingerprint density at radius 2 is 1.90 bits per heavy atom. The zero-order valence-corrected chi connectivity index (χ0v) is 23.3. The van der Waals surface area contributed by atoms with Crippen molar-refractivity contribution in [1.29, 1.82) is 0 Å². The molecular formula is C26H33N6O8P. The fourth-order valence-electron chi connectivity index (χ4n) is 4.77. The average Bonchev–Trinajstić information content (AvgIpc) is 3.65. The van der Waals surface area contributed by atoms with E-state index in [4.69, 9.17) is 18.7 Å². The summed E-state index contributed by atoms with van der Waals surface area (Å²) in [4.78, 5) is 43.8. The highest BCUT2D eigenvalue weighted by Gasteiger charge is 2.53. The zero-order chi connectivity index (χ0) is 28.8. The summed E-state index contributed by atoms with van der Waals surface area (Å²) in [5.41, 5.74) is 1.65. The van der Waals surface area contributed by atoms with E-state index in [1.54, 1.807) is 10.6 Å². The van der Waals surface area contributed by atoms with Crippen LogP contribution < -0.4 is 10.6 Å². The molecule has 41 heavy (non-hydrogen) atoms. The molecule has 0 aliphatic carbocycles. The number of phosphoric acid groups is 1. The molecule has 5 rings (SSSR count). The molecule has 2 aliphatic rings. The van der Waals surface area contributed by atoms with Gasteiger partial charge in [-0.3, -0.25) is 14.4 Å². The first-order valence-corrected chi connectivity index (χ1v) is 15.0. The minimum atomic E-state index is -4.75. The zero-order valence-electron chi connectivity index (χ0n) is 22.4. The molecule has 2 fully saturated rings. The third-order valence-corrected chi connectivity index (χ3v) is 7.19.